The first-order valence-electron chi connectivity index (χ1n) is 8.87. The summed E-state index contributed by atoms with van der Waals surface area (Å²) in [4.78, 5) is 8.88. The summed E-state index contributed by atoms with van der Waals surface area (Å²) < 4.78 is 11.9. The van der Waals surface area contributed by atoms with Crippen molar-refractivity contribution in [2.24, 2.45) is 0 Å². The lowest BCUT2D eigenvalue weighted by Crippen LogP contribution is -1.99. The molecule has 1 aromatic heterocycles. The van der Waals surface area contributed by atoms with Gasteiger partial charge >= 0.3 is 6.01 Å². The van der Waals surface area contributed by atoms with E-state index in [2.05, 4.69) is 9.97 Å². The Morgan fingerprint density at radius 3 is 1.87 bits per heavy atom. The number of aryl methyl sites for hydroxylation is 2. The lowest BCUT2D eigenvalue weighted by molar-refractivity contribution is 0.417. The molecule has 0 radical (unpaired) electrons. The zero-order valence-corrected chi connectivity index (χ0v) is 18.9. The molecule has 1 heterocycles. The van der Waals surface area contributed by atoms with Gasteiger partial charge in [-0.3, -0.25) is 0 Å². The Bertz CT molecular complexity index is 1280. The lowest BCUT2D eigenvalue weighted by atomic mass is 10.2. The summed E-state index contributed by atoms with van der Waals surface area (Å²) >= 11 is 25.4. The van der Waals surface area contributed by atoms with Crippen molar-refractivity contribution in [2.75, 3.05) is 0 Å². The fourth-order valence-electron chi connectivity index (χ4n) is 2.79. The maximum atomic E-state index is 6.41. The van der Waals surface area contributed by atoms with Gasteiger partial charge in [-0.15, -0.1) is 0 Å². The van der Waals surface area contributed by atoms with E-state index in [-0.39, 0.29) is 17.6 Å². The van der Waals surface area contributed by atoms with E-state index >= 15 is 0 Å². The number of aromatic nitrogens is 2. The van der Waals surface area contributed by atoms with E-state index in [0.29, 0.717) is 36.7 Å². The van der Waals surface area contributed by atoms with Crippen LogP contribution in [-0.4, -0.2) is 9.97 Å². The molecule has 0 atom stereocenters. The van der Waals surface area contributed by atoms with Crippen molar-refractivity contribution < 1.29 is 9.47 Å². The van der Waals surface area contributed by atoms with Gasteiger partial charge in [0, 0.05) is 0 Å². The van der Waals surface area contributed by atoms with Gasteiger partial charge in [-0.25, -0.2) is 0 Å². The molecule has 0 saturated carbocycles. The van der Waals surface area contributed by atoms with E-state index in [0.717, 1.165) is 11.1 Å². The number of hydrogen-bond acceptors (Lipinski definition) is 4. The monoisotopic (exact) mass is 478 g/mol. The third-order valence-corrected chi connectivity index (χ3v) is 5.96. The van der Waals surface area contributed by atoms with E-state index in [9.17, 15) is 0 Å². The third kappa shape index (κ3) is 4.01. The van der Waals surface area contributed by atoms with Gasteiger partial charge in [-0.1, -0.05) is 70.7 Å². The number of benzene rings is 3. The molecule has 0 aliphatic carbocycles. The summed E-state index contributed by atoms with van der Waals surface area (Å²) in [6, 6.07) is 14.4. The molecule has 4 aromatic rings. The van der Waals surface area contributed by atoms with Gasteiger partial charge in [-0.05, 0) is 49.2 Å². The first kappa shape index (κ1) is 21.0. The van der Waals surface area contributed by atoms with Crippen LogP contribution in [0.1, 0.15) is 11.1 Å². The van der Waals surface area contributed by atoms with Crippen LogP contribution in [0.4, 0.5) is 0 Å². The molecule has 8 heteroatoms. The molecule has 30 heavy (non-hydrogen) atoms. The summed E-state index contributed by atoms with van der Waals surface area (Å²) in [7, 11) is 0. The molecule has 4 nitrogen and oxygen atoms in total. The van der Waals surface area contributed by atoms with Crippen LogP contribution in [0.25, 0.3) is 10.9 Å². The Labute approximate surface area is 193 Å². The van der Waals surface area contributed by atoms with Crippen LogP contribution in [0.2, 0.25) is 20.1 Å². The molecule has 0 bridgehead atoms. The zero-order valence-electron chi connectivity index (χ0n) is 15.8. The molecule has 152 valence electrons. The minimum absolute atomic E-state index is 0.0259. The van der Waals surface area contributed by atoms with Crippen molar-refractivity contribution in [1.29, 1.82) is 0 Å². The van der Waals surface area contributed by atoms with Crippen LogP contribution in [0.3, 0.4) is 0 Å². The van der Waals surface area contributed by atoms with Gasteiger partial charge in [0.1, 0.15) is 0 Å². The van der Waals surface area contributed by atoms with E-state index in [1.807, 2.05) is 44.2 Å². The topological polar surface area (TPSA) is 44.2 Å². The highest BCUT2D eigenvalue weighted by Crippen LogP contribution is 2.41. The Balaban J connectivity index is 1.84. The van der Waals surface area contributed by atoms with Gasteiger partial charge in [0.2, 0.25) is 5.88 Å². The average molecular weight is 480 g/mol. The van der Waals surface area contributed by atoms with Gasteiger partial charge in [0.05, 0.1) is 31.0 Å². The largest absolute Gasteiger partial charge is 0.435 e. The Morgan fingerprint density at radius 2 is 1.23 bits per heavy atom. The van der Waals surface area contributed by atoms with Gasteiger partial charge < -0.3 is 9.47 Å². The molecule has 0 fully saturated rings. The molecule has 0 unspecified atom stereocenters. The van der Waals surface area contributed by atoms with Crippen LogP contribution in [-0.2, 0) is 0 Å². The molecular formula is C22H14Cl4N2O2. The average Bonchev–Trinajstić information content (AvgIpc) is 2.74. The second-order valence-electron chi connectivity index (χ2n) is 6.55. The van der Waals surface area contributed by atoms with Crippen molar-refractivity contribution in [2.45, 2.75) is 13.8 Å². The second-order valence-corrected chi connectivity index (χ2v) is 8.12. The summed E-state index contributed by atoms with van der Waals surface area (Å²) in [6.07, 6.45) is 0. The number of halogens is 4. The van der Waals surface area contributed by atoms with Crippen LogP contribution in [0.5, 0.6) is 23.4 Å². The summed E-state index contributed by atoms with van der Waals surface area (Å²) in [6.45, 7) is 3.71. The minimum Gasteiger partial charge on any atom is -0.435 e. The maximum absolute atomic E-state index is 6.41. The molecule has 0 spiro atoms. The van der Waals surface area contributed by atoms with E-state index in [1.54, 1.807) is 18.2 Å². The van der Waals surface area contributed by atoms with Crippen molar-refractivity contribution in [3.8, 4) is 23.4 Å². The molecule has 3 aromatic carbocycles. The maximum Gasteiger partial charge on any atom is 0.326 e. The number of fused-ring (bicyclic) bond motifs is 1. The Morgan fingerprint density at radius 1 is 0.667 bits per heavy atom. The number of nitrogens with zero attached hydrogens (tertiary/aromatic N) is 2. The fraction of sp³-hybridized carbons (Fsp3) is 0.0909. The Hall–Kier alpha value is -2.24. The third-order valence-electron chi connectivity index (χ3n) is 4.42. The molecule has 0 amide bonds. The Kier molecular flexibility index (Phi) is 5.94. The van der Waals surface area contributed by atoms with Crippen molar-refractivity contribution in [3.05, 3.63) is 79.7 Å². The van der Waals surface area contributed by atoms with Crippen molar-refractivity contribution in [1.82, 2.24) is 9.97 Å². The normalized spacial score (nSPS) is 11.0. The van der Waals surface area contributed by atoms with Gasteiger partial charge in [-0.2, -0.15) is 9.97 Å². The van der Waals surface area contributed by atoms with Crippen LogP contribution in [0, 0.1) is 13.8 Å². The fourth-order valence-corrected chi connectivity index (χ4v) is 3.68. The molecule has 0 N–H and O–H groups in total. The van der Waals surface area contributed by atoms with E-state index < -0.39 is 0 Å². The highest BCUT2D eigenvalue weighted by atomic mass is 35.5. The molecule has 0 aliphatic heterocycles. The first-order chi connectivity index (χ1) is 14.3. The predicted molar refractivity (Wildman–Crippen MR) is 122 cm³/mol. The SMILES string of the molecule is Cc1ccc(Cl)c(Oc2nc(Oc3c(Cl)ccc(C)c3Cl)c3ccccc3n2)c1Cl. The molecule has 0 aliphatic rings. The number of ether oxygens (including phenoxy) is 2. The molecule has 4 rings (SSSR count). The minimum atomic E-state index is 0.0259. The van der Waals surface area contributed by atoms with Crippen LogP contribution >= 0.6 is 46.4 Å². The summed E-state index contributed by atoms with van der Waals surface area (Å²) in [5.74, 6) is 0.816. The first-order valence-corrected chi connectivity index (χ1v) is 10.4. The number of rotatable bonds is 4. The van der Waals surface area contributed by atoms with E-state index in [4.69, 9.17) is 55.9 Å². The quantitative estimate of drug-likeness (QED) is 0.294. The molecular weight excluding hydrogens is 466 g/mol. The smallest absolute Gasteiger partial charge is 0.326 e. The standard InChI is InChI=1S/C22H14Cl4N2O2/c1-11-7-9-14(23)19(17(11)25)29-21-13-5-3-4-6-16(13)27-22(28-21)30-20-15(24)10-8-12(2)18(20)26/h3-10H,1-2H3. The second kappa shape index (κ2) is 8.48. The highest BCUT2D eigenvalue weighted by molar-refractivity contribution is 6.38. The van der Waals surface area contributed by atoms with E-state index in [1.165, 1.54) is 0 Å². The van der Waals surface area contributed by atoms with Gasteiger partial charge in [0.15, 0.2) is 11.5 Å². The van der Waals surface area contributed by atoms with Crippen molar-refractivity contribution >= 4 is 57.3 Å². The number of para-hydroxylation sites is 1. The predicted octanol–water partition coefficient (Wildman–Crippen LogP) is 8.44. The molecule has 0 saturated heterocycles. The zero-order chi connectivity index (χ0) is 21.4. The van der Waals surface area contributed by atoms with Crippen molar-refractivity contribution in [3.63, 3.8) is 0 Å². The summed E-state index contributed by atoms with van der Waals surface area (Å²) in [5.41, 5.74) is 2.24. The lowest BCUT2D eigenvalue weighted by Gasteiger charge is -2.14. The van der Waals surface area contributed by atoms with Gasteiger partial charge in [0.25, 0.3) is 0 Å². The van der Waals surface area contributed by atoms with Crippen LogP contribution < -0.4 is 9.47 Å². The highest BCUT2D eigenvalue weighted by Gasteiger charge is 2.18. The van der Waals surface area contributed by atoms with Crippen LogP contribution in [0.15, 0.2) is 48.5 Å². The summed E-state index contributed by atoms with van der Waals surface area (Å²) in [5, 5.41) is 2.15. The number of hydrogen-bond donors (Lipinski definition) is 0.